The van der Waals surface area contributed by atoms with Crippen molar-refractivity contribution < 1.29 is 4.79 Å². The largest absolute Gasteiger partial charge is 0.332 e. The summed E-state index contributed by atoms with van der Waals surface area (Å²) >= 11 is 1.57. The smallest absolute Gasteiger partial charge is 0.325 e. The van der Waals surface area contributed by atoms with Crippen molar-refractivity contribution in [2.24, 2.45) is 20.0 Å². The van der Waals surface area contributed by atoms with Crippen LogP contribution in [0, 0.1) is 5.92 Å². The Bertz CT molecular complexity index is 1200. The molecule has 1 N–H and O–H groups in total. The molecule has 0 bridgehead atoms. The number of hydrogen-bond acceptors (Lipinski definition) is 6. The Morgan fingerprint density at radius 3 is 2.90 bits per heavy atom. The van der Waals surface area contributed by atoms with E-state index in [1.807, 2.05) is 0 Å². The summed E-state index contributed by atoms with van der Waals surface area (Å²) in [6, 6.07) is 0. The van der Waals surface area contributed by atoms with Crippen LogP contribution >= 0.6 is 11.3 Å². The van der Waals surface area contributed by atoms with Gasteiger partial charge in [0.15, 0.2) is 16.3 Å². The molecule has 9 nitrogen and oxygen atoms in total. The zero-order valence-electron chi connectivity index (χ0n) is 16.8. The van der Waals surface area contributed by atoms with Gasteiger partial charge in [0, 0.05) is 31.9 Å². The third-order valence-corrected chi connectivity index (χ3v) is 6.49. The Morgan fingerprint density at radius 1 is 1.31 bits per heavy atom. The minimum Gasteiger partial charge on any atom is -0.325 e. The van der Waals surface area contributed by atoms with Crippen LogP contribution in [0.5, 0.6) is 0 Å². The second kappa shape index (κ2) is 7.58. The van der Waals surface area contributed by atoms with Crippen LogP contribution in [-0.4, -0.2) is 29.6 Å². The van der Waals surface area contributed by atoms with Crippen LogP contribution in [0.15, 0.2) is 15.9 Å². The minimum absolute atomic E-state index is 0.0890. The number of nitrogens with zero attached hydrogens (tertiary/aromatic N) is 5. The van der Waals surface area contributed by atoms with Crippen molar-refractivity contribution >= 4 is 33.5 Å². The number of anilines is 1. The monoisotopic (exact) mass is 416 g/mol. The van der Waals surface area contributed by atoms with Crippen LogP contribution in [0.4, 0.5) is 5.13 Å². The van der Waals surface area contributed by atoms with E-state index in [1.165, 1.54) is 16.5 Å². The zero-order chi connectivity index (χ0) is 20.7. The first-order valence-corrected chi connectivity index (χ1v) is 10.6. The molecule has 0 radical (unpaired) electrons. The molecule has 4 rings (SSSR count). The van der Waals surface area contributed by atoms with Gasteiger partial charge in [-0.15, -0.1) is 11.3 Å². The van der Waals surface area contributed by atoms with E-state index in [4.69, 9.17) is 0 Å². The lowest BCUT2D eigenvalue weighted by Gasteiger charge is -2.15. The summed E-state index contributed by atoms with van der Waals surface area (Å²) in [6.07, 6.45) is 5.56. The number of aryl methyl sites for hydroxylation is 3. The number of amides is 1. The Kier molecular flexibility index (Phi) is 5.12. The summed E-state index contributed by atoms with van der Waals surface area (Å²) < 4.78 is 4.12. The van der Waals surface area contributed by atoms with Gasteiger partial charge in [-0.2, -0.15) is 0 Å². The molecule has 0 saturated carbocycles. The number of rotatable bonds is 5. The first kappa shape index (κ1) is 19.6. The highest BCUT2D eigenvalue weighted by Gasteiger charge is 2.20. The second-order valence-corrected chi connectivity index (χ2v) is 8.79. The normalized spacial score (nSPS) is 16.2. The number of nitrogens with one attached hydrogen (secondary N) is 1. The van der Waals surface area contributed by atoms with E-state index < -0.39 is 5.69 Å². The van der Waals surface area contributed by atoms with Gasteiger partial charge in [0.25, 0.3) is 5.56 Å². The molecule has 1 aliphatic rings. The predicted molar refractivity (Wildman–Crippen MR) is 111 cm³/mol. The third kappa shape index (κ3) is 3.64. The number of carbonyl (C=O) groups is 1. The van der Waals surface area contributed by atoms with Crippen molar-refractivity contribution in [3.63, 3.8) is 0 Å². The van der Waals surface area contributed by atoms with Gasteiger partial charge in [-0.25, -0.2) is 14.8 Å². The standard InChI is InChI=1S/C19H24N6O3S/c1-11-6-7-12-13(9-11)29-18(21-12)22-14(26)5-4-8-25-10-20-16-15(25)17(27)24(3)19(28)23(16)2/h10-11H,4-9H2,1-3H3,(H,21,22,26)/t11-/m0/s1. The van der Waals surface area contributed by atoms with Crippen molar-refractivity contribution in [1.29, 1.82) is 0 Å². The molecule has 0 fully saturated rings. The SMILES string of the molecule is C[C@H]1CCc2nc(NC(=O)CCCn3cnc4c3c(=O)n(C)c(=O)n4C)sc2C1. The van der Waals surface area contributed by atoms with Gasteiger partial charge in [0.1, 0.15) is 0 Å². The van der Waals surface area contributed by atoms with Gasteiger partial charge < -0.3 is 9.88 Å². The van der Waals surface area contributed by atoms with Gasteiger partial charge in [-0.05, 0) is 31.6 Å². The number of imidazole rings is 1. The van der Waals surface area contributed by atoms with Crippen LogP contribution in [0.3, 0.4) is 0 Å². The van der Waals surface area contributed by atoms with Crippen molar-refractivity contribution in [3.05, 3.63) is 37.7 Å². The fourth-order valence-electron chi connectivity index (χ4n) is 3.75. The van der Waals surface area contributed by atoms with Crippen LogP contribution in [-0.2, 0) is 38.3 Å². The molecule has 1 amide bonds. The summed E-state index contributed by atoms with van der Waals surface area (Å²) in [5.41, 5.74) is 1.05. The number of aromatic nitrogens is 5. The Hall–Kier alpha value is -2.75. The molecule has 3 aromatic heterocycles. The molecule has 3 heterocycles. The molecule has 0 aliphatic heterocycles. The molecule has 3 aromatic rings. The molecular weight excluding hydrogens is 392 g/mol. The van der Waals surface area contributed by atoms with E-state index in [1.54, 1.807) is 29.3 Å². The van der Waals surface area contributed by atoms with Crippen molar-refractivity contribution in [1.82, 2.24) is 23.7 Å². The van der Waals surface area contributed by atoms with E-state index in [0.717, 1.165) is 29.5 Å². The maximum absolute atomic E-state index is 12.4. The molecule has 0 saturated heterocycles. The van der Waals surface area contributed by atoms with Crippen molar-refractivity contribution in [2.45, 2.75) is 45.6 Å². The van der Waals surface area contributed by atoms with Crippen LogP contribution < -0.4 is 16.6 Å². The van der Waals surface area contributed by atoms with Crippen LogP contribution in [0.2, 0.25) is 0 Å². The van der Waals surface area contributed by atoms with Gasteiger partial charge in [0.05, 0.1) is 12.0 Å². The van der Waals surface area contributed by atoms with E-state index in [-0.39, 0.29) is 11.5 Å². The van der Waals surface area contributed by atoms with E-state index in [9.17, 15) is 14.4 Å². The fraction of sp³-hybridized carbons (Fsp3) is 0.526. The summed E-state index contributed by atoms with van der Waals surface area (Å²) in [4.78, 5) is 46.8. The average Bonchev–Trinajstić information content (AvgIpc) is 3.28. The Balaban J connectivity index is 1.40. The topological polar surface area (TPSA) is 104 Å². The molecule has 0 unspecified atom stereocenters. The zero-order valence-corrected chi connectivity index (χ0v) is 17.6. The van der Waals surface area contributed by atoms with Gasteiger partial charge in [0.2, 0.25) is 5.91 Å². The van der Waals surface area contributed by atoms with Crippen molar-refractivity contribution in [2.75, 3.05) is 5.32 Å². The molecular formula is C19H24N6O3S. The lowest BCUT2D eigenvalue weighted by atomic mass is 9.93. The van der Waals surface area contributed by atoms with Crippen molar-refractivity contribution in [3.8, 4) is 0 Å². The average molecular weight is 417 g/mol. The van der Waals surface area contributed by atoms with Gasteiger partial charge >= 0.3 is 5.69 Å². The molecule has 0 aromatic carbocycles. The third-order valence-electron chi connectivity index (χ3n) is 5.45. The molecule has 10 heteroatoms. The van der Waals surface area contributed by atoms with Crippen LogP contribution in [0.25, 0.3) is 11.2 Å². The van der Waals surface area contributed by atoms with E-state index in [0.29, 0.717) is 41.6 Å². The molecule has 0 spiro atoms. The highest BCUT2D eigenvalue weighted by Crippen LogP contribution is 2.32. The van der Waals surface area contributed by atoms with Crippen LogP contribution in [0.1, 0.15) is 36.8 Å². The molecule has 1 aliphatic carbocycles. The number of thiazole rings is 1. The lowest BCUT2D eigenvalue weighted by molar-refractivity contribution is -0.116. The van der Waals surface area contributed by atoms with Gasteiger partial charge in [-0.3, -0.25) is 18.7 Å². The maximum Gasteiger partial charge on any atom is 0.332 e. The molecule has 29 heavy (non-hydrogen) atoms. The summed E-state index contributed by atoms with van der Waals surface area (Å²) in [7, 11) is 3.03. The number of hydrogen-bond donors (Lipinski definition) is 1. The maximum atomic E-state index is 12.4. The Morgan fingerprint density at radius 2 is 2.10 bits per heavy atom. The first-order chi connectivity index (χ1) is 13.8. The number of fused-ring (bicyclic) bond motifs is 2. The fourth-order valence-corrected chi connectivity index (χ4v) is 4.94. The highest BCUT2D eigenvalue weighted by atomic mass is 32.1. The summed E-state index contributed by atoms with van der Waals surface area (Å²) in [5, 5.41) is 3.57. The Labute approximate surface area is 171 Å². The number of carbonyl (C=O) groups excluding carboxylic acids is 1. The highest BCUT2D eigenvalue weighted by molar-refractivity contribution is 7.15. The summed E-state index contributed by atoms with van der Waals surface area (Å²) in [5.74, 6) is 0.581. The second-order valence-electron chi connectivity index (χ2n) is 7.70. The van der Waals surface area contributed by atoms with E-state index >= 15 is 0 Å². The lowest BCUT2D eigenvalue weighted by Crippen LogP contribution is -2.37. The first-order valence-electron chi connectivity index (χ1n) is 9.74. The van der Waals surface area contributed by atoms with Gasteiger partial charge in [-0.1, -0.05) is 6.92 Å². The molecule has 1 atom stereocenters. The van der Waals surface area contributed by atoms with E-state index in [2.05, 4.69) is 22.2 Å². The minimum atomic E-state index is -0.410. The summed E-state index contributed by atoms with van der Waals surface area (Å²) in [6.45, 7) is 2.70. The molecule has 154 valence electrons. The predicted octanol–water partition coefficient (Wildman–Crippen LogP) is 1.43. The quantitative estimate of drug-likeness (QED) is 0.678.